The van der Waals surface area contributed by atoms with Gasteiger partial charge in [-0.05, 0) is 18.2 Å². The van der Waals surface area contributed by atoms with Crippen molar-refractivity contribution in [1.82, 2.24) is 20.1 Å². The zero-order chi connectivity index (χ0) is 14.8. The maximum absolute atomic E-state index is 9.48. The number of aromatic hydroxyl groups is 2. The quantitative estimate of drug-likeness (QED) is 0.698. The molecule has 2 aromatic heterocycles. The predicted octanol–water partition coefficient (Wildman–Crippen LogP) is 1.61. The number of aromatic nitrogens is 4. The first-order valence-corrected chi connectivity index (χ1v) is 5.90. The first-order valence-electron chi connectivity index (χ1n) is 5.90. The SMILES string of the molecule is COc1cc(-c2noc(-c3ccc(O)c(O)c3)n2)ncn1. The second-order valence-electron chi connectivity index (χ2n) is 4.07. The monoisotopic (exact) mass is 286 g/mol. The Morgan fingerprint density at radius 1 is 1.10 bits per heavy atom. The molecule has 0 amide bonds. The number of benzene rings is 1. The Morgan fingerprint density at radius 3 is 2.71 bits per heavy atom. The Kier molecular flexibility index (Phi) is 3.11. The number of hydrogen-bond acceptors (Lipinski definition) is 8. The van der Waals surface area contributed by atoms with Crippen LogP contribution in [0.2, 0.25) is 0 Å². The third-order valence-corrected chi connectivity index (χ3v) is 2.73. The van der Waals surface area contributed by atoms with Gasteiger partial charge in [-0.25, -0.2) is 9.97 Å². The molecule has 8 heteroatoms. The van der Waals surface area contributed by atoms with Gasteiger partial charge in [-0.1, -0.05) is 5.16 Å². The highest BCUT2D eigenvalue weighted by Crippen LogP contribution is 2.30. The predicted molar refractivity (Wildman–Crippen MR) is 70.6 cm³/mol. The van der Waals surface area contributed by atoms with Gasteiger partial charge in [0.1, 0.15) is 12.0 Å². The minimum atomic E-state index is -0.268. The lowest BCUT2D eigenvalue weighted by molar-refractivity contribution is 0.397. The van der Waals surface area contributed by atoms with E-state index in [1.807, 2.05) is 0 Å². The number of phenols is 2. The third-order valence-electron chi connectivity index (χ3n) is 2.73. The van der Waals surface area contributed by atoms with Crippen molar-refractivity contribution in [3.05, 3.63) is 30.6 Å². The molecule has 0 unspecified atom stereocenters. The minimum Gasteiger partial charge on any atom is -0.504 e. The maximum Gasteiger partial charge on any atom is 0.258 e. The highest BCUT2D eigenvalue weighted by Gasteiger charge is 2.14. The van der Waals surface area contributed by atoms with Crippen molar-refractivity contribution >= 4 is 0 Å². The lowest BCUT2D eigenvalue weighted by Crippen LogP contribution is -1.91. The van der Waals surface area contributed by atoms with E-state index in [0.717, 1.165) is 0 Å². The molecule has 0 spiro atoms. The first kappa shape index (κ1) is 12.9. The average molecular weight is 286 g/mol. The maximum atomic E-state index is 9.48. The van der Waals surface area contributed by atoms with Gasteiger partial charge < -0.3 is 19.5 Å². The van der Waals surface area contributed by atoms with Gasteiger partial charge in [0.2, 0.25) is 11.7 Å². The van der Waals surface area contributed by atoms with Crippen LogP contribution >= 0.6 is 0 Å². The summed E-state index contributed by atoms with van der Waals surface area (Å²) in [4.78, 5) is 12.1. The molecule has 3 rings (SSSR count). The smallest absolute Gasteiger partial charge is 0.258 e. The molecule has 0 saturated carbocycles. The van der Waals surface area contributed by atoms with Gasteiger partial charge in [0, 0.05) is 11.6 Å². The molecule has 1 aromatic carbocycles. The van der Waals surface area contributed by atoms with Crippen LogP contribution < -0.4 is 4.74 Å². The van der Waals surface area contributed by atoms with Gasteiger partial charge in [-0.2, -0.15) is 4.98 Å². The Labute approximate surface area is 118 Å². The van der Waals surface area contributed by atoms with E-state index in [0.29, 0.717) is 17.1 Å². The number of nitrogens with zero attached hydrogens (tertiary/aromatic N) is 4. The van der Waals surface area contributed by atoms with Crippen molar-refractivity contribution in [1.29, 1.82) is 0 Å². The average Bonchev–Trinajstić information content (AvgIpc) is 3.00. The van der Waals surface area contributed by atoms with Crippen molar-refractivity contribution in [3.8, 4) is 40.4 Å². The Hall–Kier alpha value is -3.16. The van der Waals surface area contributed by atoms with Crippen molar-refractivity contribution in [2.24, 2.45) is 0 Å². The highest BCUT2D eigenvalue weighted by molar-refractivity contribution is 5.61. The molecule has 0 aliphatic rings. The minimum absolute atomic E-state index is 0.192. The molecule has 106 valence electrons. The fourth-order valence-electron chi connectivity index (χ4n) is 1.67. The summed E-state index contributed by atoms with van der Waals surface area (Å²) in [7, 11) is 1.49. The van der Waals surface area contributed by atoms with Crippen molar-refractivity contribution < 1.29 is 19.5 Å². The summed E-state index contributed by atoms with van der Waals surface area (Å²) in [5.74, 6) is 0.347. The fraction of sp³-hybridized carbons (Fsp3) is 0.0769. The van der Waals surface area contributed by atoms with E-state index < -0.39 is 0 Å². The van der Waals surface area contributed by atoms with E-state index in [1.54, 1.807) is 12.1 Å². The zero-order valence-corrected chi connectivity index (χ0v) is 10.9. The first-order chi connectivity index (χ1) is 10.2. The van der Waals surface area contributed by atoms with Gasteiger partial charge in [0.05, 0.1) is 7.11 Å². The van der Waals surface area contributed by atoms with Crippen molar-refractivity contribution in [3.63, 3.8) is 0 Å². The van der Waals surface area contributed by atoms with E-state index in [9.17, 15) is 10.2 Å². The Bertz CT molecular complexity index is 787. The number of hydrogen-bond donors (Lipinski definition) is 2. The summed E-state index contributed by atoms with van der Waals surface area (Å²) in [6, 6.07) is 5.78. The lowest BCUT2D eigenvalue weighted by atomic mass is 10.2. The van der Waals surface area contributed by atoms with E-state index in [-0.39, 0.29) is 23.2 Å². The van der Waals surface area contributed by atoms with Gasteiger partial charge >= 0.3 is 0 Å². The molecular weight excluding hydrogens is 276 g/mol. The standard InChI is InChI=1S/C13H10N4O4/c1-20-11-5-8(14-6-15-11)12-16-13(21-17-12)7-2-3-9(18)10(19)4-7/h2-6,18-19H,1H3. The van der Waals surface area contributed by atoms with Crippen LogP contribution in [0.15, 0.2) is 35.1 Å². The van der Waals surface area contributed by atoms with E-state index >= 15 is 0 Å². The highest BCUT2D eigenvalue weighted by atomic mass is 16.5. The van der Waals surface area contributed by atoms with Crippen LogP contribution in [0.4, 0.5) is 0 Å². The van der Waals surface area contributed by atoms with Crippen LogP contribution in [0.5, 0.6) is 17.4 Å². The van der Waals surface area contributed by atoms with Gasteiger partial charge in [-0.15, -0.1) is 0 Å². The lowest BCUT2D eigenvalue weighted by Gasteiger charge is -1.98. The molecule has 3 aromatic rings. The Morgan fingerprint density at radius 2 is 1.95 bits per heavy atom. The summed E-state index contributed by atoms with van der Waals surface area (Å²) in [5.41, 5.74) is 0.921. The molecule has 0 saturated heterocycles. The molecule has 0 aliphatic heterocycles. The number of ether oxygens (including phenoxy) is 1. The number of methoxy groups -OCH3 is 1. The molecule has 0 fully saturated rings. The zero-order valence-electron chi connectivity index (χ0n) is 10.9. The van der Waals surface area contributed by atoms with Crippen LogP contribution in [0, 0.1) is 0 Å². The van der Waals surface area contributed by atoms with E-state index in [4.69, 9.17) is 9.26 Å². The van der Waals surface area contributed by atoms with Crippen LogP contribution in [0.25, 0.3) is 23.0 Å². The second kappa shape index (κ2) is 5.08. The summed E-state index contributed by atoms with van der Waals surface area (Å²) in [6.45, 7) is 0. The van der Waals surface area contributed by atoms with Crippen LogP contribution in [0.1, 0.15) is 0 Å². The Balaban J connectivity index is 1.97. The fourth-order valence-corrected chi connectivity index (χ4v) is 1.67. The van der Waals surface area contributed by atoms with Crippen LogP contribution in [-0.2, 0) is 0 Å². The number of rotatable bonds is 3. The van der Waals surface area contributed by atoms with E-state index in [1.165, 1.54) is 25.6 Å². The third kappa shape index (κ3) is 2.46. The molecule has 0 aliphatic carbocycles. The molecule has 0 atom stereocenters. The second-order valence-corrected chi connectivity index (χ2v) is 4.07. The summed E-state index contributed by atoms with van der Waals surface area (Å²) < 4.78 is 10.1. The summed E-state index contributed by atoms with van der Waals surface area (Å²) >= 11 is 0. The molecule has 21 heavy (non-hydrogen) atoms. The molecule has 0 radical (unpaired) electrons. The molecule has 2 N–H and O–H groups in total. The molecular formula is C13H10N4O4. The van der Waals surface area contributed by atoms with Crippen LogP contribution in [0.3, 0.4) is 0 Å². The molecule has 0 bridgehead atoms. The van der Waals surface area contributed by atoms with Gasteiger partial charge in [0.15, 0.2) is 11.5 Å². The largest absolute Gasteiger partial charge is 0.504 e. The van der Waals surface area contributed by atoms with E-state index in [2.05, 4.69) is 20.1 Å². The van der Waals surface area contributed by atoms with Crippen molar-refractivity contribution in [2.45, 2.75) is 0 Å². The summed E-state index contributed by atoms with van der Waals surface area (Å²) in [5, 5.41) is 22.6. The van der Waals surface area contributed by atoms with Gasteiger partial charge in [-0.3, -0.25) is 0 Å². The van der Waals surface area contributed by atoms with Crippen LogP contribution in [-0.4, -0.2) is 37.4 Å². The molecule has 2 heterocycles. The number of phenolic OH excluding ortho intramolecular Hbond substituents is 2. The van der Waals surface area contributed by atoms with Crippen molar-refractivity contribution in [2.75, 3.05) is 7.11 Å². The topological polar surface area (TPSA) is 114 Å². The normalized spacial score (nSPS) is 10.5. The summed E-state index contributed by atoms with van der Waals surface area (Å²) in [6.07, 6.45) is 1.33. The van der Waals surface area contributed by atoms with Gasteiger partial charge in [0.25, 0.3) is 5.89 Å². The molecule has 8 nitrogen and oxygen atoms in total.